The van der Waals surface area contributed by atoms with Gasteiger partial charge in [-0.2, -0.15) is 0 Å². The van der Waals surface area contributed by atoms with Crippen molar-refractivity contribution in [3.63, 3.8) is 0 Å². The molecule has 1 aromatic heterocycles. The lowest BCUT2D eigenvalue weighted by atomic mass is 10.2. The number of nitrogens with one attached hydrogen (secondary N) is 1. The summed E-state index contributed by atoms with van der Waals surface area (Å²) < 4.78 is 6.97. The van der Waals surface area contributed by atoms with Crippen LogP contribution in [0.3, 0.4) is 0 Å². The van der Waals surface area contributed by atoms with Gasteiger partial charge < -0.3 is 10.1 Å². The van der Waals surface area contributed by atoms with Crippen molar-refractivity contribution in [2.75, 3.05) is 7.11 Å². The van der Waals surface area contributed by atoms with E-state index in [1.807, 2.05) is 13.1 Å². The average molecular weight is 220 g/mol. The van der Waals surface area contributed by atoms with Gasteiger partial charge in [-0.3, -0.25) is 4.57 Å². The zero-order chi connectivity index (χ0) is 12.1. The maximum Gasteiger partial charge on any atom is 0.176 e. The van der Waals surface area contributed by atoms with Crippen molar-refractivity contribution in [2.45, 2.75) is 20.3 Å². The Hall–Kier alpha value is -1.91. The van der Waals surface area contributed by atoms with E-state index in [9.17, 15) is 0 Å². The molecule has 5 nitrogen and oxygen atoms in total. The molecule has 0 fully saturated rings. The van der Waals surface area contributed by atoms with Crippen LogP contribution in [-0.4, -0.2) is 29.1 Å². The van der Waals surface area contributed by atoms with Crippen LogP contribution in [0.25, 0.3) is 5.82 Å². The minimum Gasteiger partial charge on any atom is -0.497 e. The molecule has 5 heteroatoms. The number of aliphatic imine (C=N–C) groups is 1. The molecule has 0 spiro atoms. The highest BCUT2D eigenvalue weighted by atomic mass is 16.5. The van der Waals surface area contributed by atoms with Gasteiger partial charge in [0.25, 0.3) is 0 Å². The molecule has 0 aliphatic carbocycles. The molecule has 1 rings (SSSR count). The van der Waals surface area contributed by atoms with Gasteiger partial charge >= 0.3 is 0 Å². The predicted molar refractivity (Wildman–Crippen MR) is 64.8 cm³/mol. The van der Waals surface area contributed by atoms with Crippen LogP contribution in [-0.2, 0) is 4.74 Å². The summed E-state index contributed by atoms with van der Waals surface area (Å²) in [6, 6.07) is 0. The fourth-order valence-electron chi connectivity index (χ4n) is 1.33. The molecule has 0 saturated carbocycles. The third-order valence-electron chi connectivity index (χ3n) is 2.03. The summed E-state index contributed by atoms with van der Waals surface area (Å²) in [7, 11) is 1.56. The summed E-state index contributed by atoms with van der Waals surface area (Å²) in [5, 5.41) is 7.46. The molecule has 0 unspecified atom stereocenters. The Bertz CT molecular complexity index is 431. The van der Waals surface area contributed by atoms with Gasteiger partial charge in [0.2, 0.25) is 0 Å². The quantitative estimate of drug-likeness (QED) is 0.610. The summed E-state index contributed by atoms with van der Waals surface area (Å²) in [6.45, 7) is 7.13. The van der Waals surface area contributed by atoms with Crippen molar-refractivity contribution in [3.05, 3.63) is 24.0 Å². The number of aromatic nitrogens is 2. The molecular weight excluding hydrogens is 204 g/mol. The molecule has 86 valence electrons. The minimum absolute atomic E-state index is 0.419. The summed E-state index contributed by atoms with van der Waals surface area (Å²) in [6.07, 6.45) is 3.90. The monoisotopic (exact) mass is 220 g/mol. The molecular formula is C11H16N4O. The number of hydrogen-bond donors (Lipinski definition) is 1. The first-order chi connectivity index (χ1) is 7.58. The van der Waals surface area contributed by atoms with Crippen LogP contribution in [0.15, 0.2) is 23.3 Å². The topological polar surface area (TPSA) is 63.3 Å². The Morgan fingerprint density at radius 1 is 1.69 bits per heavy atom. The molecule has 0 radical (unpaired) electrons. The molecule has 0 saturated heterocycles. The number of methoxy groups -OCH3 is 1. The number of hydrogen-bond acceptors (Lipinski definition) is 4. The zero-order valence-corrected chi connectivity index (χ0v) is 9.82. The van der Waals surface area contributed by atoms with E-state index in [0.717, 1.165) is 5.69 Å². The first-order valence-corrected chi connectivity index (χ1v) is 4.87. The van der Waals surface area contributed by atoms with E-state index in [1.54, 1.807) is 24.9 Å². The Kier molecular flexibility index (Phi) is 3.99. The van der Waals surface area contributed by atoms with Crippen molar-refractivity contribution in [1.29, 1.82) is 5.41 Å². The fourth-order valence-corrected chi connectivity index (χ4v) is 1.33. The van der Waals surface area contributed by atoms with E-state index < -0.39 is 0 Å². The van der Waals surface area contributed by atoms with Gasteiger partial charge in [-0.15, -0.1) is 0 Å². The van der Waals surface area contributed by atoms with Crippen molar-refractivity contribution in [2.24, 2.45) is 4.99 Å². The molecule has 0 aliphatic rings. The molecule has 0 aromatic carbocycles. The molecule has 1 N–H and O–H groups in total. The summed E-state index contributed by atoms with van der Waals surface area (Å²) in [5.41, 5.74) is 1.40. The van der Waals surface area contributed by atoms with E-state index in [-0.39, 0.29) is 0 Å². The Labute approximate surface area is 95.0 Å². The summed E-state index contributed by atoms with van der Waals surface area (Å²) in [4.78, 5) is 8.04. The molecule has 1 heterocycles. The van der Waals surface area contributed by atoms with Gasteiger partial charge in [-0.1, -0.05) is 0 Å². The van der Waals surface area contributed by atoms with Gasteiger partial charge in [0, 0.05) is 18.3 Å². The number of imidazole rings is 1. The number of aryl methyl sites for hydroxylation is 1. The lowest BCUT2D eigenvalue weighted by Crippen LogP contribution is -2.02. The first kappa shape index (κ1) is 12.2. The van der Waals surface area contributed by atoms with Gasteiger partial charge in [0.15, 0.2) is 5.82 Å². The molecule has 16 heavy (non-hydrogen) atoms. The van der Waals surface area contributed by atoms with Crippen LogP contribution in [0.5, 0.6) is 0 Å². The van der Waals surface area contributed by atoms with Crippen LogP contribution >= 0.6 is 0 Å². The molecule has 0 amide bonds. The number of ether oxygens (including phenoxy) is 1. The highest BCUT2D eigenvalue weighted by Crippen LogP contribution is 2.17. The maximum atomic E-state index is 7.46. The van der Waals surface area contributed by atoms with Gasteiger partial charge in [-0.05, 0) is 20.6 Å². The Balaban J connectivity index is 3.15. The number of nitrogens with zero attached hydrogens (tertiary/aromatic N) is 3. The second kappa shape index (κ2) is 5.25. The third kappa shape index (κ3) is 2.79. The molecule has 1 aromatic rings. The van der Waals surface area contributed by atoms with Gasteiger partial charge in [0.1, 0.15) is 12.1 Å². The second-order valence-electron chi connectivity index (χ2n) is 3.49. The summed E-state index contributed by atoms with van der Waals surface area (Å²) in [5.74, 6) is 1.19. The number of rotatable bonds is 5. The van der Waals surface area contributed by atoms with Crippen molar-refractivity contribution in [1.82, 2.24) is 9.55 Å². The predicted octanol–water partition coefficient (Wildman–Crippen LogP) is 2.09. The summed E-state index contributed by atoms with van der Waals surface area (Å²) >= 11 is 0. The van der Waals surface area contributed by atoms with Crippen LogP contribution in [0.1, 0.15) is 19.0 Å². The van der Waals surface area contributed by atoms with E-state index in [2.05, 4.69) is 16.7 Å². The third-order valence-corrected chi connectivity index (χ3v) is 2.03. The molecule has 0 bridgehead atoms. The van der Waals surface area contributed by atoms with Crippen LogP contribution in [0.4, 0.5) is 0 Å². The van der Waals surface area contributed by atoms with Gasteiger partial charge in [-0.25, -0.2) is 9.98 Å². The first-order valence-electron chi connectivity index (χ1n) is 4.87. The SMILES string of the molecule is C=N/C(=C(\CC(C)=N)OC)n1cnc(C)c1. The molecule has 0 aliphatic heterocycles. The molecule has 0 atom stereocenters. The minimum atomic E-state index is 0.419. The Morgan fingerprint density at radius 2 is 2.38 bits per heavy atom. The Morgan fingerprint density at radius 3 is 2.75 bits per heavy atom. The highest BCUT2D eigenvalue weighted by Gasteiger charge is 2.09. The van der Waals surface area contributed by atoms with E-state index in [4.69, 9.17) is 10.1 Å². The van der Waals surface area contributed by atoms with Crippen LogP contribution in [0.2, 0.25) is 0 Å². The van der Waals surface area contributed by atoms with Crippen molar-refractivity contribution >= 4 is 18.3 Å². The zero-order valence-electron chi connectivity index (χ0n) is 9.82. The fraction of sp³-hybridized carbons (Fsp3) is 0.364. The normalized spacial score (nSPS) is 11.9. The second-order valence-corrected chi connectivity index (χ2v) is 3.49. The maximum absolute atomic E-state index is 7.46. The van der Waals surface area contributed by atoms with E-state index >= 15 is 0 Å². The van der Waals surface area contributed by atoms with Crippen molar-refractivity contribution < 1.29 is 4.74 Å². The largest absolute Gasteiger partial charge is 0.497 e. The van der Waals surface area contributed by atoms with E-state index in [1.165, 1.54) is 0 Å². The lowest BCUT2D eigenvalue weighted by Gasteiger charge is -2.10. The highest BCUT2D eigenvalue weighted by molar-refractivity contribution is 5.82. The van der Waals surface area contributed by atoms with Crippen LogP contribution < -0.4 is 0 Å². The average Bonchev–Trinajstić information content (AvgIpc) is 2.64. The van der Waals surface area contributed by atoms with Crippen LogP contribution in [0, 0.1) is 12.3 Å². The van der Waals surface area contributed by atoms with E-state index in [0.29, 0.717) is 23.7 Å². The standard InChI is InChI=1S/C11H16N4O/c1-8(12)5-10(16-4)11(13-3)15-6-9(2)14-7-15/h6-7,12H,3,5H2,1-2,4H3/b11-10-,12-8?. The number of allylic oxidation sites excluding steroid dienone is 1. The van der Waals surface area contributed by atoms with Crippen molar-refractivity contribution in [3.8, 4) is 0 Å². The smallest absolute Gasteiger partial charge is 0.176 e. The van der Waals surface area contributed by atoms with Gasteiger partial charge in [0.05, 0.1) is 12.8 Å². The lowest BCUT2D eigenvalue weighted by molar-refractivity contribution is 0.287.